The number of nitrogens with zero attached hydrogens (tertiary/aromatic N) is 2. The Hall–Kier alpha value is -2.82. The van der Waals surface area contributed by atoms with Crippen LogP contribution in [0.25, 0.3) is 0 Å². The Morgan fingerprint density at radius 3 is 1.79 bits per heavy atom. The number of carbonyl (C=O) groups excluding carboxylic acids is 2. The molecular formula is C19H20N2O3. The lowest BCUT2D eigenvalue weighted by Gasteiger charge is -2.33. The summed E-state index contributed by atoms with van der Waals surface area (Å²) in [6.07, 6.45) is 0. The molecule has 0 aromatic heterocycles. The van der Waals surface area contributed by atoms with E-state index in [1.807, 2.05) is 54.6 Å². The number of amides is 2. The molecule has 3 rings (SSSR count). The molecule has 24 heavy (non-hydrogen) atoms. The first-order valence-electron chi connectivity index (χ1n) is 7.92. The molecule has 0 spiro atoms. The molecule has 0 bridgehead atoms. The Balaban J connectivity index is 1.62. The number of methoxy groups -OCH3 is 1. The van der Waals surface area contributed by atoms with Gasteiger partial charge in [0.25, 0.3) is 0 Å². The molecule has 1 saturated heterocycles. The average Bonchev–Trinajstić information content (AvgIpc) is 2.63. The van der Waals surface area contributed by atoms with Crippen LogP contribution in [0.15, 0.2) is 54.6 Å². The first kappa shape index (κ1) is 16.1. The van der Waals surface area contributed by atoms with Crippen LogP contribution in [0.4, 0.5) is 0 Å². The Bertz CT molecular complexity index is 713. The molecular weight excluding hydrogens is 304 g/mol. The molecule has 0 saturated carbocycles. The van der Waals surface area contributed by atoms with Crippen LogP contribution in [0, 0.1) is 0 Å². The van der Waals surface area contributed by atoms with Crippen molar-refractivity contribution in [3.05, 3.63) is 65.7 Å². The molecule has 2 amide bonds. The van der Waals surface area contributed by atoms with E-state index in [0.717, 1.165) is 16.9 Å². The van der Waals surface area contributed by atoms with Gasteiger partial charge in [0.05, 0.1) is 7.11 Å². The molecule has 5 nitrogen and oxygen atoms in total. The maximum Gasteiger partial charge on any atom is 0.312 e. The number of rotatable bonds is 5. The quantitative estimate of drug-likeness (QED) is 0.791. The second-order valence-corrected chi connectivity index (χ2v) is 5.79. The lowest BCUT2D eigenvalue weighted by molar-refractivity contribution is -0.156. The molecule has 1 aliphatic rings. The number of carbonyl (C=O) groups is 2. The summed E-state index contributed by atoms with van der Waals surface area (Å²) >= 11 is 0. The van der Waals surface area contributed by atoms with Gasteiger partial charge < -0.3 is 14.5 Å². The second-order valence-electron chi connectivity index (χ2n) is 5.79. The number of hydrogen-bond acceptors (Lipinski definition) is 3. The monoisotopic (exact) mass is 324 g/mol. The molecule has 2 aromatic rings. The minimum atomic E-state index is -0.437. The first-order valence-corrected chi connectivity index (χ1v) is 7.92. The molecule has 5 heteroatoms. The first-order chi connectivity index (χ1) is 11.7. The Labute approximate surface area is 141 Å². The zero-order chi connectivity index (χ0) is 16.9. The Kier molecular flexibility index (Phi) is 4.79. The summed E-state index contributed by atoms with van der Waals surface area (Å²) in [7, 11) is 1.61. The van der Waals surface area contributed by atoms with E-state index in [9.17, 15) is 9.59 Å². The third-order valence-corrected chi connectivity index (χ3v) is 4.15. The molecule has 0 radical (unpaired) electrons. The van der Waals surface area contributed by atoms with Crippen molar-refractivity contribution in [2.45, 2.75) is 13.1 Å². The van der Waals surface area contributed by atoms with Crippen LogP contribution in [-0.2, 0) is 22.7 Å². The Morgan fingerprint density at radius 1 is 0.792 bits per heavy atom. The molecule has 124 valence electrons. The lowest BCUT2D eigenvalue weighted by atomic mass is 10.1. The lowest BCUT2D eigenvalue weighted by Crippen LogP contribution is -2.53. The van der Waals surface area contributed by atoms with E-state index in [2.05, 4.69) is 0 Å². The molecule has 0 atom stereocenters. The minimum absolute atomic E-state index is 0.432. The fourth-order valence-corrected chi connectivity index (χ4v) is 2.77. The van der Waals surface area contributed by atoms with Crippen LogP contribution in [0.5, 0.6) is 5.75 Å². The molecule has 0 N–H and O–H groups in total. The number of ether oxygens (including phenoxy) is 1. The van der Waals surface area contributed by atoms with Gasteiger partial charge in [0.2, 0.25) is 0 Å². The molecule has 0 unspecified atom stereocenters. The van der Waals surface area contributed by atoms with Gasteiger partial charge in [-0.3, -0.25) is 9.59 Å². The van der Waals surface area contributed by atoms with Gasteiger partial charge in [-0.05, 0) is 23.3 Å². The molecule has 1 heterocycles. The van der Waals surface area contributed by atoms with Crippen molar-refractivity contribution < 1.29 is 14.3 Å². The van der Waals surface area contributed by atoms with E-state index in [-0.39, 0.29) is 0 Å². The van der Waals surface area contributed by atoms with Crippen molar-refractivity contribution >= 4 is 11.8 Å². The normalized spacial score (nSPS) is 14.9. The predicted molar refractivity (Wildman–Crippen MR) is 90.3 cm³/mol. The smallest absolute Gasteiger partial charge is 0.312 e. The number of benzene rings is 2. The van der Waals surface area contributed by atoms with Crippen molar-refractivity contribution in [2.24, 2.45) is 0 Å². The van der Waals surface area contributed by atoms with Crippen molar-refractivity contribution in [1.82, 2.24) is 9.80 Å². The van der Waals surface area contributed by atoms with Gasteiger partial charge in [0.15, 0.2) is 0 Å². The zero-order valence-electron chi connectivity index (χ0n) is 13.6. The van der Waals surface area contributed by atoms with E-state index >= 15 is 0 Å². The minimum Gasteiger partial charge on any atom is -0.497 e. The van der Waals surface area contributed by atoms with Crippen molar-refractivity contribution in [3.8, 4) is 5.75 Å². The third kappa shape index (κ3) is 3.56. The van der Waals surface area contributed by atoms with Crippen LogP contribution in [0.2, 0.25) is 0 Å². The highest BCUT2D eigenvalue weighted by Crippen LogP contribution is 2.16. The maximum absolute atomic E-state index is 12.4. The van der Waals surface area contributed by atoms with Crippen molar-refractivity contribution in [3.63, 3.8) is 0 Å². The SMILES string of the molecule is COc1ccc(CN2CCN(Cc3ccccc3)C(=O)C2=O)cc1. The second kappa shape index (κ2) is 7.17. The molecule has 2 aromatic carbocycles. The third-order valence-electron chi connectivity index (χ3n) is 4.15. The van der Waals surface area contributed by atoms with Crippen LogP contribution >= 0.6 is 0 Å². The predicted octanol–water partition coefficient (Wildman–Crippen LogP) is 2.07. The van der Waals surface area contributed by atoms with Gasteiger partial charge in [-0.2, -0.15) is 0 Å². The van der Waals surface area contributed by atoms with Crippen molar-refractivity contribution in [1.29, 1.82) is 0 Å². The van der Waals surface area contributed by atoms with Gasteiger partial charge in [0.1, 0.15) is 5.75 Å². The maximum atomic E-state index is 12.4. The van der Waals surface area contributed by atoms with Gasteiger partial charge in [0, 0.05) is 26.2 Å². The zero-order valence-corrected chi connectivity index (χ0v) is 13.6. The molecule has 1 aliphatic heterocycles. The highest BCUT2D eigenvalue weighted by Gasteiger charge is 2.32. The summed E-state index contributed by atoms with van der Waals surface area (Å²) in [5.74, 6) is -0.0968. The fraction of sp³-hybridized carbons (Fsp3) is 0.263. The summed E-state index contributed by atoms with van der Waals surface area (Å²) in [4.78, 5) is 27.9. The Morgan fingerprint density at radius 2 is 1.29 bits per heavy atom. The summed E-state index contributed by atoms with van der Waals surface area (Å²) in [6.45, 7) is 2.01. The summed E-state index contributed by atoms with van der Waals surface area (Å²) in [6, 6.07) is 17.2. The van der Waals surface area contributed by atoms with Crippen molar-refractivity contribution in [2.75, 3.05) is 20.2 Å². The highest BCUT2D eigenvalue weighted by molar-refractivity contribution is 6.35. The van der Waals surface area contributed by atoms with Crippen LogP contribution in [0.3, 0.4) is 0 Å². The van der Waals surface area contributed by atoms with Crippen LogP contribution in [0.1, 0.15) is 11.1 Å². The van der Waals surface area contributed by atoms with E-state index in [1.54, 1.807) is 16.9 Å². The standard InChI is InChI=1S/C19H20N2O3/c1-24-17-9-7-16(8-10-17)14-21-12-11-20(18(22)19(21)23)13-15-5-3-2-4-6-15/h2-10H,11-14H2,1H3. The van der Waals surface area contributed by atoms with E-state index in [4.69, 9.17) is 4.74 Å². The summed E-state index contributed by atoms with van der Waals surface area (Å²) in [5, 5.41) is 0. The topological polar surface area (TPSA) is 49.9 Å². The summed E-state index contributed by atoms with van der Waals surface area (Å²) in [5.41, 5.74) is 2.01. The van der Waals surface area contributed by atoms with E-state index < -0.39 is 11.8 Å². The highest BCUT2D eigenvalue weighted by atomic mass is 16.5. The van der Waals surface area contributed by atoms with Crippen LogP contribution < -0.4 is 4.74 Å². The molecule has 1 fully saturated rings. The number of hydrogen-bond donors (Lipinski definition) is 0. The largest absolute Gasteiger partial charge is 0.497 e. The van der Waals surface area contributed by atoms with Gasteiger partial charge in [-0.25, -0.2) is 0 Å². The number of piperazine rings is 1. The van der Waals surface area contributed by atoms with E-state index in [0.29, 0.717) is 26.2 Å². The fourth-order valence-electron chi connectivity index (χ4n) is 2.77. The van der Waals surface area contributed by atoms with E-state index in [1.165, 1.54) is 0 Å². The van der Waals surface area contributed by atoms with Crippen LogP contribution in [-0.4, -0.2) is 41.8 Å². The molecule has 0 aliphatic carbocycles. The van der Waals surface area contributed by atoms with Gasteiger partial charge in [-0.1, -0.05) is 42.5 Å². The van der Waals surface area contributed by atoms with Gasteiger partial charge >= 0.3 is 11.8 Å². The van der Waals surface area contributed by atoms with Gasteiger partial charge in [-0.15, -0.1) is 0 Å². The average molecular weight is 324 g/mol. The summed E-state index contributed by atoms with van der Waals surface area (Å²) < 4.78 is 5.13.